The predicted molar refractivity (Wildman–Crippen MR) is 108 cm³/mol. The molecule has 2 nitrogen and oxygen atoms in total. The first kappa shape index (κ1) is 15.2. The van der Waals surface area contributed by atoms with Crippen LogP contribution >= 0.6 is 11.3 Å². The lowest BCUT2D eigenvalue weighted by Gasteiger charge is -2.26. The van der Waals surface area contributed by atoms with Crippen LogP contribution in [0, 0.1) is 0 Å². The van der Waals surface area contributed by atoms with Crippen molar-refractivity contribution < 1.29 is 0 Å². The minimum Gasteiger partial charge on any atom is -0.358 e. The van der Waals surface area contributed by atoms with Gasteiger partial charge in [0, 0.05) is 51.8 Å². The molecule has 4 aromatic rings. The Labute approximate surface area is 152 Å². The Morgan fingerprint density at radius 3 is 2.80 bits per heavy atom. The minimum atomic E-state index is 1.08. The number of aromatic amines is 1. The van der Waals surface area contributed by atoms with E-state index < -0.39 is 0 Å². The lowest BCUT2D eigenvalue weighted by Crippen LogP contribution is -2.30. The summed E-state index contributed by atoms with van der Waals surface area (Å²) in [5, 5.41) is 5.21. The van der Waals surface area contributed by atoms with Crippen molar-refractivity contribution in [3.05, 3.63) is 59.1 Å². The highest BCUT2D eigenvalue weighted by Crippen LogP contribution is 2.41. The average molecular weight is 346 g/mol. The van der Waals surface area contributed by atoms with E-state index in [0.717, 1.165) is 13.0 Å². The number of hydrogen-bond donors (Lipinski definition) is 1. The summed E-state index contributed by atoms with van der Waals surface area (Å²) in [6.07, 6.45) is 2.36. The normalized spacial score (nSPS) is 15.1. The Morgan fingerprint density at radius 2 is 1.96 bits per heavy atom. The van der Waals surface area contributed by atoms with Crippen LogP contribution in [0.1, 0.15) is 24.6 Å². The molecule has 3 heteroatoms. The predicted octanol–water partition coefficient (Wildman–Crippen LogP) is 5.82. The maximum atomic E-state index is 3.72. The van der Waals surface area contributed by atoms with Crippen LogP contribution in [-0.4, -0.2) is 23.0 Å². The Hall–Kier alpha value is -2.10. The summed E-state index contributed by atoms with van der Waals surface area (Å²) in [7, 11) is 0. The summed E-state index contributed by atoms with van der Waals surface area (Å²) in [4.78, 5) is 6.32. The molecule has 5 rings (SSSR count). The Morgan fingerprint density at radius 1 is 1.08 bits per heavy atom. The largest absolute Gasteiger partial charge is 0.358 e. The van der Waals surface area contributed by atoms with E-state index in [1.807, 2.05) is 11.3 Å². The number of fused-ring (bicyclic) bond motifs is 5. The summed E-state index contributed by atoms with van der Waals surface area (Å²) in [6.45, 7) is 5.71. The van der Waals surface area contributed by atoms with Crippen molar-refractivity contribution in [2.24, 2.45) is 0 Å². The van der Waals surface area contributed by atoms with Crippen LogP contribution in [-0.2, 0) is 13.0 Å². The third-order valence-electron chi connectivity index (χ3n) is 5.38. The maximum absolute atomic E-state index is 3.72. The lowest BCUT2D eigenvalue weighted by molar-refractivity contribution is 0.255. The molecule has 126 valence electrons. The van der Waals surface area contributed by atoms with E-state index in [1.54, 1.807) is 0 Å². The van der Waals surface area contributed by atoms with E-state index in [0.29, 0.717) is 0 Å². The number of nitrogens with one attached hydrogen (secondary N) is 1. The van der Waals surface area contributed by atoms with Gasteiger partial charge in [0.2, 0.25) is 0 Å². The van der Waals surface area contributed by atoms with Crippen molar-refractivity contribution in [3.8, 4) is 11.1 Å². The fourth-order valence-electron chi connectivity index (χ4n) is 4.23. The third kappa shape index (κ3) is 2.42. The van der Waals surface area contributed by atoms with Crippen molar-refractivity contribution in [2.75, 3.05) is 13.1 Å². The van der Waals surface area contributed by atoms with Crippen LogP contribution in [0.3, 0.4) is 0 Å². The minimum absolute atomic E-state index is 1.08. The van der Waals surface area contributed by atoms with Crippen molar-refractivity contribution >= 4 is 32.3 Å². The van der Waals surface area contributed by atoms with Gasteiger partial charge in [0.1, 0.15) is 0 Å². The van der Waals surface area contributed by atoms with Gasteiger partial charge in [0.25, 0.3) is 0 Å². The number of H-pyrrole nitrogens is 1. The summed E-state index contributed by atoms with van der Waals surface area (Å²) < 4.78 is 1.39. The van der Waals surface area contributed by atoms with Gasteiger partial charge in [-0.05, 0) is 41.6 Å². The van der Waals surface area contributed by atoms with Gasteiger partial charge in [-0.15, -0.1) is 11.3 Å². The molecule has 0 spiro atoms. The Bertz CT molecular complexity index is 1040. The first-order valence-corrected chi connectivity index (χ1v) is 10.0. The van der Waals surface area contributed by atoms with Gasteiger partial charge in [-0.3, -0.25) is 4.90 Å². The first-order chi connectivity index (χ1) is 12.3. The van der Waals surface area contributed by atoms with Crippen LogP contribution in [0.15, 0.2) is 47.8 Å². The van der Waals surface area contributed by atoms with Crippen LogP contribution < -0.4 is 0 Å². The highest BCUT2D eigenvalue weighted by Gasteiger charge is 2.23. The van der Waals surface area contributed by atoms with E-state index in [2.05, 4.69) is 64.7 Å². The van der Waals surface area contributed by atoms with Gasteiger partial charge in [-0.25, -0.2) is 0 Å². The van der Waals surface area contributed by atoms with Crippen molar-refractivity contribution in [3.63, 3.8) is 0 Å². The number of nitrogens with zero attached hydrogens (tertiary/aromatic N) is 1. The second-order valence-corrected chi connectivity index (χ2v) is 7.90. The van der Waals surface area contributed by atoms with Gasteiger partial charge < -0.3 is 4.98 Å². The van der Waals surface area contributed by atoms with E-state index in [-0.39, 0.29) is 0 Å². The number of benzene rings is 2. The molecular weight excluding hydrogens is 324 g/mol. The lowest BCUT2D eigenvalue weighted by atomic mass is 9.97. The fourth-order valence-corrected chi connectivity index (χ4v) is 5.21. The van der Waals surface area contributed by atoms with Gasteiger partial charge in [-0.2, -0.15) is 0 Å². The van der Waals surface area contributed by atoms with Crippen molar-refractivity contribution in [1.82, 2.24) is 9.88 Å². The summed E-state index contributed by atoms with van der Waals surface area (Å²) in [5.41, 5.74) is 6.96. The maximum Gasteiger partial charge on any atom is 0.0466 e. The summed E-state index contributed by atoms with van der Waals surface area (Å²) in [5.74, 6) is 0. The van der Waals surface area contributed by atoms with Crippen molar-refractivity contribution in [2.45, 2.75) is 26.3 Å². The molecule has 3 heterocycles. The fraction of sp³-hybridized carbons (Fsp3) is 0.273. The zero-order valence-electron chi connectivity index (χ0n) is 14.5. The molecule has 25 heavy (non-hydrogen) atoms. The van der Waals surface area contributed by atoms with Crippen LogP contribution in [0.4, 0.5) is 0 Å². The van der Waals surface area contributed by atoms with Crippen molar-refractivity contribution in [1.29, 1.82) is 0 Å². The smallest absolute Gasteiger partial charge is 0.0466 e. The van der Waals surface area contributed by atoms with Gasteiger partial charge in [-0.1, -0.05) is 37.3 Å². The molecule has 2 aromatic carbocycles. The quantitative estimate of drug-likeness (QED) is 0.495. The second kappa shape index (κ2) is 6.01. The monoisotopic (exact) mass is 346 g/mol. The van der Waals surface area contributed by atoms with Gasteiger partial charge >= 0.3 is 0 Å². The first-order valence-electron chi connectivity index (χ1n) is 9.16. The van der Waals surface area contributed by atoms with Gasteiger partial charge in [0.15, 0.2) is 0 Å². The molecule has 0 atom stereocenters. The zero-order chi connectivity index (χ0) is 16.8. The number of aromatic nitrogens is 1. The van der Waals surface area contributed by atoms with Crippen LogP contribution in [0.2, 0.25) is 0 Å². The highest BCUT2D eigenvalue weighted by atomic mass is 32.1. The van der Waals surface area contributed by atoms with E-state index in [4.69, 9.17) is 0 Å². The molecule has 1 aliphatic heterocycles. The molecule has 0 amide bonds. The van der Waals surface area contributed by atoms with E-state index in [9.17, 15) is 0 Å². The molecular formula is C22H22N2S. The topological polar surface area (TPSA) is 19.0 Å². The molecule has 0 saturated heterocycles. The average Bonchev–Trinajstić information content (AvgIpc) is 3.23. The molecule has 0 saturated carbocycles. The number of rotatable bonds is 3. The molecule has 0 unspecified atom stereocenters. The number of thiophene rings is 1. The number of hydrogen-bond acceptors (Lipinski definition) is 2. The zero-order valence-corrected chi connectivity index (χ0v) is 15.3. The Balaban J connectivity index is 1.77. The SMILES string of the molecule is CCCN1CCc2[nH]c3ccc4scc(-c5ccccc5)c4c3c2C1. The Kier molecular flexibility index (Phi) is 3.65. The highest BCUT2D eigenvalue weighted by molar-refractivity contribution is 7.18. The molecule has 1 aliphatic rings. The summed E-state index contributed by atoms with van der Waals surface area (Å²) >= 11 is 1.86. The van der Waals surface area contributed by atoms with Gasteiger partial charge in [0.05, 0.1) is 0 Å². The van der Waals surface area contributed by atoms with E-state index >= 15 is 0 Å². The molecule has 0 aliphatic carbocycles. The summed E-state index contributed by atoms with van der Waals surface area (Å²) in [6, 6.07) is 15.4. The molecule has 1 N–H and O–H groups in total. The molecule has 0 fully saturated rings. The second-order valence-electron chi connectivity index (χ2n) is 6.98. The van der Waals surface area contributed by atoms with Crippen LogP contribution in [0.5, 0.6) is 0 Å². The molecule has 0 bridgehead atoms. The van der Waals surface area contributed by atoms with Crippen LogP contribution in [0.25, 0.3) is 32.1 Å². The third-order valence-corrected chi connectivity index (χ3v) is 6.32. The molecule has 2 aromatic heterocycles. The molecule has 0 radical (unpaired) electrons. The van der Waals surface area contributed by atoms with E-state index in [1.165, 1.54) is 62.9 Å². The standard InChI is InChI=1S/C22H22N2S/c1-2-11-24-12-10-18-16(13-24)21-19(23-18)8-9-20-22(21)17(14-25-20)15-6-4-3-5-7-15/h3-9,14,23H,2,10-13H2,1H3.